The molecule has 4 atom stereocenters. The van der Waals surface area contributed by atoms with E-state index in [0.717, 1.165) is 10.9 Å². The van der Waals surface area contributed by atoms with Crippen LogP contribution in [0.3, 0.4) is 0 Å². The minimum atomic E-state index is -3.18. The maximum atomic E-state index is 14.5. The molecule has 2 aromatic rings. The van der Waals surface area contributed by atoms with Crippen LogP contribution in [0.25, 0.3) is 11.2 Å². The second-order valence-corrected chi connectivity index (χ2v) is 6.40. The van der Waals surface area contributed by atoms with E-state index < -0.39 is 36.5 Å². The van der Waals surface area contributed by atoms with Crippen molar-refractivity contribution in [2.75, 3.05) is 18.5 Å². The van der Waals surface area contributed by atoms with Gasteiger partial charge in [-0.15, -0.1) is 0 Å². The predicted molar refractivity (Wildman–Crippen MR) is 84.5 cm³/mol. The van der Waals surface area contributed by atoms with Crippen molar-refractivity contribution in [1.82, 2.24) is 19.5 Å². The van der Waals surface area contributed by atoms with E-state index in [1.54, 1.807) is 0 Å². The van der Waals surface area contributed by atoms with E-state index in [2.05, 4.69) is 20.3 Å². The molecule has 0 radical (unpaired) electrons. The number of hydrogen-bond donors (Lipinski definition) is 5. The molecule has 3 heterocycles. The van der Waals surface area contributed by atoms with Gasteiger partial charge in [-0.05, 0) is 5.92 Å². The fraction of sp³-hybridized carbons (Fsp3) is 0.643. The maximum Gasteiger partial charge on any atom is 0.281 e. The van der Waals surface area contributed by atoms with Gasteiger partial charge in [-0.3, -0.25) is 14.3 Å². The number of imidazole rings is 1. The number of anilines is 1. The van der Waals surface area contributed by atoms with Crippen molar-refractivity contribution in [3.05, 3.63) is 16.7 Å². The van der Waals surface area contributed by atoms with E-state index in [1.807, 2.05) is 13.8 Å². The van der Waals surface area contributed by atoms with Crippen molar-refractivity contribution < 1.29 is 24.4 Å². The number of halogens is 1. The summed E-state index contributed by atoms with van der Waals surface area (Å²) < 4.78 is 20.8. The molecule has 0 unspecified atom stereocenters. The summed E-state index contributed by atoms with van der Waals surface area (Å²) in [6.45, 7) is 3.80. The van der Waals surface area contributed by atoms with Crippen LogP contribution >= 0.6 is 0 Å². The van der Waals surface area contributed by atoms with Gasteiger partial charge in [0.15, 0.2) is 17.4 Å². The van der Waals surface area contributed by atoms with Gasteiger partial charge in [-0.1, -0.05) is 13.8 Å². The highest BCUT2D eigenvalue weighted by molar-refractivity contribution is 5.71. The lowest BCUT2D eigenvalue weighted by Crippen LogP contribution is -2.43. The molecule has 1 aliphatic rings. The SMILES string of the molecule is CC(C)CNc1nc2c(ncn2[C@@H]2O[C@H](CO)[C@@H](O)[C@]2(O)F)c(=O)[nH]1. The van der Waals surface area contributed by atoms with Gasteiger partial charge in [-0.2, -0.15) is 4.98 Å². The molecule has 1 aliphatic heterocycles. The topological polar surface area (TPSA) is 146 Å². The highest BCUT2D eigenvalue weighted by atomic mass is 19.2. The van der Waals surface area contributed by atoms with Gasteiger partial charge in [0.2, 0.25) is 5.95 Å². The Morgan fingerprint density at radius 3 is 2.88 bits per heavy atom. The number of alkyl halides is 1. The Hall–Kier alpha value is -2.08. The lowest BCUT2D eigenvalue weighted by atomic mass is 10.1. The summed E-state index contributed by atoms with van der Waals surface area (Å²) >= 11 is 0. The third-order valence-electron chi connectivity index (χ3n) is 3.96. The molecule has 138 valence electrons. The first kappa shape index (κ1) is 17.7. The van der Waals surface area contributed by atoms with E-state index in [4.69, 9.17) is 9.84 Å². The standard InChI is InChI=1S/C14H20FN5O5/c1-6(2)3-16-13-18-10-8(11(23)19-13)17-5-20(10)12-14(15,24)9(22)7(4-21)25-12/h5-7,9,12,21-22,24H,3-4H2,1-2H3,(H2,16,18,19,23)/t7-,9-,12-,14-/m1/s1. The molecule has 1 saturated heterocycles. The number of nitrogens with one attached hydrogen (secondary N) is 2. The van der Waals surface area contributed by atoms with Gasteiger partial charge in [-0.25, -0.2) is 9.37 Å². The molecular formula is C14H20FN5O5. The molecule has 25 heavy (non-hydrogen) atoms. The van der Waals surface area contributed by atoms with E-state index in [-0.39, 0.29) is 17.1 Å². The zero-order valence-corrected chi connectivity index (χ0v) is 13.7. The second-order valence-electron chi connectivity index (χ2n) is 6.40. The van der Waals surface area contributed by atoms with Gasteiger partial charge in [0, 0.05) is 6.54 Å². The molecule has 1 fully saturated rings. The van der Waals surface area contributed by atoms with Crippen LogP contribution in [0, 0.1) is 5.92 Å². The smallest absolute Gasteiger partial charge is 0.281 e. The van der Waals surface area contributed by atoms with Crippen LogP contribution < -0.4 is 10.9 Å². The number of aromatic nitrogens is 4. The number of nitrogens with zero attached hydrogens (tertiary/aromatic N) is 3. The predicted octanol–water partition coefficient (Wildman–Crippen LogP) is -0.904. The summed E-state index contributed by atoms with van der Waals surface area (Å²) in [5.41, 5.74) is -0.645. The summed E-state index contributed by atoms with van der Waals surface area (Å²) in [7, 11) is 0. The van der Waals surface area contributed by atoms with E-state index in [0.29, 0.717) is 12.5 Å². The Morgan fingerprint density at radius 1 is 1.56 bits per heavy atom. The van der Waals surface area contributed by atoms with Crippen LogP contribution in [0.15, 0.2) is 11.1 Å². The average Bonchev–Trinajstić information content (AvgIpc) is 3.06. The van der Waals surface area contributed by atoms with Crippen molar-refractivity contribution in [3.8, 4) is 0 Å². The molecule has 2 aromatic heterocycles. The number of fused-ring (bicyclic) bond motifs is 1. The van der Waals surface area contributed by atoms with Crippen LogP contribution in [0.1, 0.15) is 20.1 Å². The van der Waals surface area contributed by atoms with Crippen molar-refractivity contribution in [1.29, 1.82) is 0 Å². The number of aliphatic hydroxyl groups is 3. The number of H-pyrrole nitrogens is 1. The van der Waals surface area contributed by atoms with Crippen LogP contribution in [0.2, 0.25) is 0 Å². The lowest BCUT2D eigenvalue weighted by Gasteiger charge is -2.23. The second kappa shape index (κ2) is 6.33. The van der Waals surface area contributed by atoms with Gasteiger partial charge in [0.05, 0.1) is 12.9 Å². The Labute approximate surface area is 141 Å². The van der Waals surface area contributed by atoms with Crippen LogP contribution in [-0.2, 0) is 4.74 Å². The molecule has 0 saturated carbocycles. The van der Waals surface area contributed by atoms with Crippen molar-refractivity contribution in [2.24, 2.45) is 5.92 Å². The maximum absolute atomic E-state index is 14.5. The minimum absolute atomic E-state index is 0.0260. The van der Waals surface area contributed by atoms with Crippen LogP contribution in [-0.4, -0.2) is 66.1 Å². The number of aromatic amines is 1. The first-order valence-corrected chi connectivity index (χ1v) is 7.82. The first-order valence-electron chi connectivity index (χ1n) is 7.82. The number of hydrogen-bond acceptors (Lipinski definition) is 8. The Balaban J connectivity index is 2.04. The number of rotatable bonds is 5. The molecule has 0 spiro atoms. The van der Waals surface area contributed by atoms with E-state index in [1.165, 1.54) is 0 Å². The largest absolute Gasteiger partial charge is 0.394 e. The van der Waals surface area contributed by atoms with Crippen molar-refractivity contribution in [3.63, 3.8) is 0 Å². The molecule has 0 aromatic carbocycles. The Morgan fingerprint density at radius 2 is 2.28 bits per heavy atom. The first-order chi connectivity index (χ1) is 11.8. The monoisotopic (exact) mass is 357 g/mol. The van der Waals surface area contributed by atoms with Gasteiger partial charge < -0.3 is 25.4 Å². The third kappa shape index (κ3) is 2.99. The summed E-state index contributed by atoms with van der Waals surface area (Å²) in [5.74, 6) is -2.73. The minimum Gasteiger partial charge on any atom is -0.394 e. The normalized spacial score (nSPS) is 29.6. The fourth-order valence-electron chi connectivity index (χ4n) is 2.63. The van der Waals surface area contributed by atoms with Crippen molar-refractivity contribution >= 4 is 17.1 Å². The highest BCUT2D eigenvalue weighted by Crippen LogP contribution is 2.40. The number of ether oxygens (including phenoxy) is 1. The fourth-order valence-corrected chi connectivity index (χ4v) is 2.63. The Bertz CT molecular complexity index is 820. The molecule has 0 amide bonds. The molecule has 3 rings (SSSR count). The summed E-state index contributed by atoms with van der Waals surface area (Å²) in [6, 6.07) is 0. The van der Waals surface area contributed by atoms with Crippen LogP contribution in [0.5, 0.6) is 0 Å². The summed E-state index contributed by atoms with van der Waals surface area (Å²) in [4.78, 5) is 22.7. The summed E-state index contributed by atoms with van der Waals surface area (Å²) in [6.07, 6.45) is -3.91. The van der Waals surface area contributed by atoms with E-state index >= 15 is 0 Å². The molecule has 5 N–H and O–H groups in total. The van der Waals surface area contributed by atoms with Gasteiger partial charge >= 0.3 is 0 Å². The Kier molecular flexibility index (Phi) is 4.49. The van der Waals surface area contributed by atoms with Gasteiger partial charge in [0.25, 0.3) is 11.4 Å². The molecule has 10 nitrogen and oxygen atoms in total. The van der Waals surface area contributed by atoms with Crippen LogP contribution in [0.4, 0.5) is 10.3 Å². The quantitative estimate of drug-likeness (QED) is 0.463. The molecule has 0 bridgehead atoms. The average molecular weight is 357 g/mol. The zero-order valence-electron chi connectivity index (χ0n) is 13.7. The molecule has 0 aliphatic carbocycles. The highest BCUT2D eigenvalue weighted by Gasteiger charge is 2.57. The summed E-state index contributed by atoms with van der Waals surface area (Å²) in [5, 5.41) is 31.8. The van der Waals surface area contributed by atoms with Gasteiger partial charge in [0.1, 0.15) is 12.2 Å². The third-order valence-corrected chi connectivity index (χ3v) is 3.96. The number of aliphatic hydroxyl groups excluding tert-OH is 2. The zero-order chi connectivity index (χ0) is 18.4. The molecule has 11 heteroatoms. The lowest BCUT2D eigenvalue weighted by molar-refractivity contribution is -0.195. The van der Waals surface area contributed by atoms with Crippen molar-refractivity contribution in [2.45, 2.75) is 38.1 Å². The molecular weight excluding hydrogens is 337 g/mol. The van der Waals surface area contributed by atoms with E-state index in [9.17, 15) is 19.4 Å².